The maximum atomic E-state index is 14.9. The van der Waals surface area contributed by atoms with Crippen LogP contribution in [-0.2, 0) is 6.54 Å². The molecular weight excluding hydrogens is 389 g/mol. The number of aromatic nitrogens is 2. The predicted octanol–water partition coefficient (Wildman–Crippen LogP) is 4.38. The number of rotatable bonds is 5. The first kappa shape index (κ1) is 22.7. The molecule has 31 heavy (non-hydrogen) atoms. The van der Waals surface area contributed by atoms with Crippen LogP contribution in [0.4, 0.5) is 10.2 Å². The fourth-order valence-electron chi connectivity index (χ4n) is 3.70. The number of anilines is 1. The van der Waals surface area contributed by atoms with Crippen LogP contribution in [0.5, 0.6) is 0 Å². The number of hydrogen-bond donors (Lipinski definition) is 0. The van der Waals surface area contributed by atoms with E-state index in [1.807, 2.05) is 17.0 Å². The van der Waals surface area contributed by atoms with Crippen molar-refractivity contribution in [3.8, 4) is 17.9 Å². The molecule has 2 aromatic rings. The molecule has 0 saturated carbocycles. The van der Waals surface area contributed by atoms with Gasteiger partial charge in [0.15, 0.2) is 0 Å². The highest BCUT2D eigenvalue weighted by atomic mass is 19.1. The van der Waals surface area contributed by atoms with Gasteiger partial charge in [-0.15, -0.1) is 0 Å². The van der Waals surface area contributed by atoms with Crippen LogP contribution in [0.2, 0.25) is 0 Å². The number of piperidine rings is 1. The molecule has 5 nitrogen and oxygen atoms in total. The molecular formula is C25H30FN5. The highest BCUT2D eigenvalue weighted by molar-refractivity contribution is 5.43. The second-order valence-electron chi connectivity index (χ2n) is 9.21. The molecule has 0 radical (unpaired) electrons. The average molecular weight is 420 g/mol. The van der Waals surface area contributed by atoms with Gasteiger partial charge in [-0.1, -0.05) is 45.1 Å². The Labute approximate surface area is 184 Å². The van der Waals surface area contributed by atoms with Crippen LogP contribution in [0.15, 0.2) is 30.5 Å². The maximum Gasteiger partial charge on any atom is 0.234 e. The Balaban J connectivity index is 1.74. The number of hydrogen-bond acceptors (Lipinski definition) is 5. The van der Waals surface area contributed by atoms with Crippen molar-refractivity contribution in [1.82, 2.24) is 14.9 Å². The van der Waals surface area contributed by atoms with Crippen molar-refractivity contribution in [2.45, 2.75) is 46.6 Å². The van der Waals surface area contributed by atoms with Crippen molar-refractivity contribution in [2.24, 2.45) is 5.41 Å². The minimum absolute atomic E-state index is 0.0336. The van der Waals surface area contributed by atoms with Crippen molar-refractivity contribution in [1.29, 1.82) is 5.26 Å². The summed E-state index contributed by atoms with van der Waals surface area (Å²) < 4.78 is 14.9. The van der Waals surface area contributed by atoms with Gasteiger partial charge < -0.3 is 4.90 Å². The molecule has 162 valence electrons. The Bertz CT molecular complexity index is 987. The fourth-order valence-corrected chi connectivity index (χ4v) is 3.70. The first-order valence-electron chi connectivity index (χ1n) is 10.8. The summed E-state index contributed by atoms with van der Waals surface area (Å²) in [6, 6.07) is 8.90. The number of likely N-dealkylation sites (tertiary alicyclic amines) is 1. The zero-order valence-corrected chi connectivity index (χ0v) is 18.7. The summed E-state index contributed by atoms with van der Waals surface area (Å²) in [5.74, 6) is 6.72. The Kier molecular flexibility index (Phi) is 7.60. The van der Waals surface area contributed by atoms with E-state index in [0.29, 0.717) is 30.0 Å². The third kappa shape index (κ3) is 7.05. The molecule has 0 atom stereocenters. The van der Waals surface area contributed by atoms with Crippen LogP contribution in [0.3, 0.4) is 0 Å². The Morgan fingerprint density at radius 3 is 2.61 bits per heavy atom. The lowest BCUT2D eigenvalue weighted by Crippen LogP contribution is -2.33. The van der Waals surface area contributed by atoms with E-state index in [1.165, 1.54) is 25.3 Å². The minimum atomic E-state index is -0.279. The molecule has 1 aliphatic heterocycles. The molecule has 1 aromatic carbocycles. The first-order valence-corrected chi connectivity index (χ1v) is 10.8. The smallest absolute Gasteiger partial charge is 0.234 e. The van der Waals surface area contributed by atoms with Crippen LogP contribution in [0.1, 0.15) is 57.0 Å². The van der Waals surface area contributed by atoms with Gasteiger partial charge in [0, 0.05) is 30.4 Å². The third-order valence-electron chi connectivity index (χ3n) is 5.13. The Hall–Kier alpha value is -2.96. The van der Waals surface area contributed by atoms with Gasteiger partial charge >= 0.3 is 0 Å². The molecule has 0 bridgehead atoms. The summed E-state index contributed by atoms with van der Waals surface area (Å²) in [5, 5.41) is 9.13. The molecule has 2 heterocycles. The molecule has 1 fully saturated rings. The van der Waals surface area contributed by atoms with Gasteiger partial charge in [-0.2, -0.15) is 5.26 Å². The standard InChI is InChI=1S/C25H30FN5/c1-25(2,3)19-31(24-11-12-28-23(17-27)29-24)18-21-10-9-20(16-22(21)26)8-7-15-30-13-5-4-6-14-30/h9-12,16H,4-6,13-15,18-19H2,1-3H3. The molecule has 1 aliphatic rings. The van der Waals surface area contributed by atoms with Crippen LogP contribution in [0.25, 0.3) is 0 Å². The maximum absolute atomic E-state index is 14.9. The van der Waals surface area contributed by atoms with E-state index in [-0.39, 0.29) is 17.1 Å². The van der Waals surface area contributed by atoms with Crippen molar-refractivity contribution in [2.75, 3.05) is 31.1 Å². The Morgan fingerprint density at radius 2 is 1.94 bits per heavy atom. The van der Waals surface area contributed by atoms with Crippen molar-refractivity contribution in [3.05, 3.63) is 53.2 Å². The minimum Gasteiger partial charge on any atom is -0.352 e. The van der Waals surface area contributed by atoms with Gasteiger partial charge in [0.25, 0.3) is 0 Å². The van der Waals surface area contributed by atoms with Gasteiger partial charge in [-0.05, 0) is 49.5 Å². The summed E-state index contributed by atoms with van der Waals surface area (Å²) in [5.41, 5.74) is 1.23. The van der Waals surface area contributed by atoms with Crippen molar-refractivity contribution < 1.29 is 4.39 Å². The molecule has 0 aliphatic carbocycles. The molecule has 0 spiro atoms. The molecule has 0 N–H and O–H groups in total. The molecule has 3 rings (SSSR count). The summed E-state index contributed by atoms with van der Waals surface area (Å²) in [7, 11) is 0. The van der Waals surface area contributed by atoms with Crippen molar-refractivity contribution >= 4 is 5.82 Å². The van der Waals surface area contributed by atoms with E-state index in [0.717, 1.165) is 19.6 Å². The lowest BCUT2D eigenvalue weighted by molar-refractivity contribution is 0.255. The van der Waals surface area contributed by atoms with Gasteiger partial charge in [0.1, 0.15) is 17.7 Å². The predicted molar refractivity (Wildman–Crippen MR) is 121 cm³/mol. The SMILES string of the molecule is CC(C)(C)CN(Cc1ccc(C#CCN2CCCCC2)cc1F)c1ccnc(C#N)n1. The monoisotopic (exact) mass is 419 g/mol. The summed E-state index contributed by atoms with van der Waals surface area (Å²) in [6.07, 6.45) is 5.33. The highest BCUT2D eigenvalue weighted by Crippen LogP contribution is 2.23. The Morgan fingerprint density at radius 1 is 1.16 bits per heavy atom. The van der Waals surface area contributed by atoms with Gasteiger partial charge in [0.2, 0.25) is 5.82 Å². The van der Waals surface area contributed by atoms with E-state index in [2.05, 4.69) is 47.5 Å². The molecule has 0 unspecified atom stereocenters. The van der Waals surface area contributed by atoms with E-state index in [4.69, 9.17) is 5.26 Å². The fraction of sp³-hybridized carbons (Fsp3) is 0.480. The van der Waals surface area contributed by atoms with Gasteiger partial charge in [-0.25, -0.2) is 14.4 Å². The second-order valence-corrected chi connectivity index (χ2v) is 9.21. The number of halogens is 1. The van der Waals surface area contributed by atoms with E-state index in [1.54, 1.807) is 18.3 Å². The molecule has 1 aromatic heterocycles. The highest BCUT2D eigenvalue weighted by Gasteiger charge is 2.20. The van der Waals surface area contributed by atoms with E-state index < -0.39 is 0 Å². The number of nitrogens with zero attached hydrogens (tertiary/aromatic N) is 5. The zero-order chi connectivity index (χ0) is 22.3. The summed E-state index contributed by atoms with van der Waals surface area (Å²) in [6.45, 7) is 10.3. The molecule has 1 saturated heterocycles. The molecule has 6 heteroatoms. The topological polar surface area (TPSA) is 56.0 Å². The van der Waals surface area contributed by atoms with E-state index >= 15 is 0 Å². The lowest BCUT2D eigenvalue weighted by Gasteiger charge is -2.31. The van der Waals surface area contributed by atoms with Gasteiger partial charge in [0.05, 0.1) is 6.54 Å². The summed E-state index contributed by atoms with van der Waals surface area (Å²) >= 11 is 0. The average Bonchev–Trinajstić information content (AvgIpc) is 2.75. The third-order valence-corrected chi connectivity index (χ3v) is 5.13. The quantitative estimate of drug-likeness (QED) is 0.674. The van der Waals surface area contributed by atoms with Gasteiger partial charge in [-0.3, -0.25) is 4.90 Å². The van der Waals surface area contributed by atoms with Crippen LogP contribution >= 0.6 is 0 Å². The molecule has 0 amide bonds. The summed E-state index contributed by atoms with van der Waals surface area (Å²) in [4.78, 5) is 12.6. The normalized spacial score (nSPS) is 14.4. The largest absolute Gasteiger partial charge is 0.352 e. The zero-order valence-electron chi connectivity index (χ0n) is 18.7. The van der Waals surface area contributed by atoms with E-state index in [9.17, 15) is 4.39 Å². The second kappa shape index (κ2) is 10.4. The van der Waals surface area contributed by atoms with Crippen LogP contribution < -0.4 is 4.90 Å². The first-order chi connectivity index (χ1) is 14.8. The van der Waals surface area contributed by atoms with Crippen molar-refractivity contribution in [3.63, 3.8) is 0 Å². The van der Waals surface area contributed by atoms with Crippen LogP contribution in [-0.4, -0.2) is 41.0 Å². The lowest BCUT2D eigenvalue weighted by atomic mass is 9.95. The number of nitriles is 1. The van der Waals surface area contributed by atoms with Crippen LogP contribution in [0, 0.1) is 34.4 Å². The number of benzene rings is 1.